The number of benzene rings is 2. The van der Waals surface area contributed by atoms with E-state index in [1.54, 1.807) is 12.1 Å². The van der Waals surface area contributed by atoms with Crippen LogP contribution in [0.2, 0.25) is 0 Å². The summed E-state index contributed by atoms with van der Waals surface area (Å²) in [5.74, 6) is -0.730. The molecular formula is C19H21F2NO3. The molecule has 0 aliphatic heterocycles. The van der Waals surface area contributed by atoms with E-state index in [-0.39, 0.29) is 18.2 Å². The molecule has 2 N–H and O–H groups in total. The van der Waals surface area contributed by atoms with Crippen LogP contribution in [0.3, 0.4) is 0 Å². The highest BCUT2D eigenvalue weighted by Gasteiger charge is 2.12. The van der Waals surface area contributed by atoms with Gasteiger partial charge in [0.15, 0.2) is 0 Å². The number of hydrogen-bond donors (Lipinski definition) is 2. The molecule has 0 aliphatic carbocycles. The fraction of sp³-hybridized carbons (Fsp3) is 0.316. The molecule has 2 rings (SSSR count). The zero-order valence-corrected chi connectivity index (χ0v) is 13.7. The molecule has 0 spiro atoms. The molecule has 1 atom stereocenters. The van der Waals surface area contributed by atoms with Crippen LogP contribution in [-0.2, 0) is 17.8 Å². The molecule has 4 nitrogen and oxygen atoms in total. The highest BCUT2D eigenvalue weighted by atomic mass is 19.3. The number of nitrogens with one attached hydrogen (secondary N) is 1. The third-order valence-corrected chi connectivity index (χ3v) is 3.75. The van der Waals surface area contributed by atoms with E-state index in [2.05, 4.69) is 10.1 Å². The molecule has 1 unspecified atom stereocenters. The van der Waals surface area contributed by atoms with Crippen molar-refractivity contribution < 1.29 is 23.4 Å². The predicted molar refractivity (Wildman–Crippen MR) is 90.7 cm³/mol. The average Bonchev–Trinajstić information content (AvgIpc) is 2.58. The molecule has 6 heteroatoms. The van der Waals surface area contributed by atoms with Crippen molar-refractivity contribution in [3.8, 4) is 5.75 Å². The summed E-state index contributed by atoms with van der Waals surface area (Å²) >= 11 is 0. The number of hydrogen-bond acceptors (Lipinski definition) is 3. The Morgan fingerprint density at radius 1 is 1.08 bits per heavy atom. The van der Waals surface area contributed by atoms with Crippen LogP contribution in [0.5, 0.6) is 5.75 Å². The highest BCUT2D eigenvalue weighted by molar-refractivity contribution is 5.66. The lowest BCUT2D eigenvalue weighted by molar-refractivity contribution is -0.137. The Balaban J connectivity index is 1.97. The van der Waals surface area contributed by atoms with Crippen LogP contribution in [0.15, 0.2) is 54.6 Å². The van der Waals surface area contributed by atoms with Gasteiger partial charge < -0.3 is 15.2 Å². The zero-order valence-electron chi connectivity index (χ0n) is 13.7. The molecular weight excluding hydrogens is 328 g/mol. The Bertz CT molecular complexity index is 665. The molecule has 25 heavy (non-hydrogen) atoms. The van der Waals surface area contributed by atoms with Crippen molar-refractivity contribution in [3.63, 3.8) is 0 Å². The summed E-state index contributed by atoms with van der Waals surface area (Å²) in [6.07, 6.45) is 1.25. The maximum absolute atomic E-state index is 12.3. The number of halogens is 2. The molecule has 0 saturated heterocycles. The van der Waals surface area contributed by atoms with E-state index < -0.39 is 12.6 Å². The van der Waals surface area contributed by atoms with Crippen molar-refractivity contribution in [2.45, 2.75) is 38.5 Å². The van der Waals surface area contributed by atoms with Crippen LogP contribution >= 0.6 is 0 Å². The quantitative estimate of drug-likeness (QED) is 0.684. The molecule has 0 aromatic heterocycles. The molecule has 0 bridgehead atoms. The zero-order chi connectivity index (χ0) is 18.1. The van der Waals surface area contributed by atoms with Crippen molar-refractivity contribution in [2.75, 3.05) is 0 Å². The van der Waals surface area contributed by atoms with Gasteiger partial charge in [-0.3, -0.25) is 4.79 Å². The SMILES string of the molecule is O=C(O)CCC(Cc1ccccc1)NCc1cccc(OC(F)F)c1. The lowest BCUT2D eigenvalue weighted by Gasteiger charge is -2.18. The number of alkyl halides is 2. The number of aliphatic carboxylic acids is 1. The lowest BCUT2D eigenvalue weighted by Crippen LogP contribution is -2.31. The highest BCUT2D eigenvalue weighted by Crippen LogP contribution is 2.16. The minimum atomic E-state index is -2.86. The van der Waals surface area contributed by atoms with Crippen molar-refractivity contribution >= 4 is 5.97 Å². The van der Waals surface area contributed by atoms with Gasteiger partial charge in [-0.1, -0.05) is 42.5 Å². The van der Waals surface area contributed by atoms with Gasteiger partial charge in [0.25, 0.3) is 0 Å². The second kappa shape index (κ2) is 9.74. The number of carbonyl (C=O) groups is 1. The summed E-state index contributed by atoms with van der Waals surface area (Å²) in [6, 6.07) is 16.2. The van der Waals surface area contributed by atoms with Gasteiger partial charge >= 0.3 is 12.6 Å². The van der Waals surface area contributed by atoms with Gasteiger partial charge in [0.1, 0.15) is 5.75 Å². The normalized spacial score (nSPS) is 12.1. The number of carboxylic acid groups (broad SMARTS) is 1. The summed E-state index contributed by atoms with van der Waals surface area (Å²) in [7, 11) is 0. The first-order chi connectivity index (χ1) is 12.0. The fourth-order valence-corrected chi connectivity index (χ4v) is 2.57. The summed E-state index contributed by atoms with van der Waals surface area (Å²) in [6.45, 7) is -2.41. The van der Waals surface area contributed by atoms with E-state index >= 15 is 0 Å². The number of ether oxygens (including phenoxy) is 1. The first-order valence-corrected chi connectivity index (χ1v) is 8.06. The Kier molecular flexibility index (Phi) is 7.35. The molecule has 0 amide bonds. The monoisotopic (exact) mass is 349 g/mol. The Morgan fingerprint density at radius 3 is 2.48 bits per heavy atom. The van der Waals surface area contributed by atoms with Gasteiger partial charge in [0.05, 0.1) is 0 Å². The average molecular weight is 349 g/mol. The van der Waals surface area contributed by atoms with Gasteiger partial charge in [-0.2, -0.15) is 8.78 Å². The summed E-state index contributed by atoms with van der Waals surface area (Å²) in [4.78, 5) is 10.9. The minimum absolute atomic E-state index is 0.0295. The van der Waals surface area contributed by atoms with Crippen molar-refractivity contribution in [1.29, 1.82) is 0 Å². The first-order valence-electron chi connectivity index (χ1n) is 8.06. The molecule has 2 aromatic rings. The Morgan fingerprint density at radius 2 is 1.80 bits per heavy atom. The second-order valence-electron chi connectivity index (χ2n) is 5.73. The van der Waals surface area contributed by atoms with E-state index in [0.717, 1.165) is 11.1 Å². The maximum atomic E-state index is 12.3. The third-order valence-electron chi connectivity index (χ3n) is 3.75. The van der Waals surface area contributed by atoms with Crippen LogP contribution in [0.4, 0.5) is 8.78 Å². The van der Waals surface area contributed by atoms with Crippen molar-refractivity contribution in [1.82, 2.24) is 5.32 Å². The van der Waals surface area contributed by atoms with Crippen LogP contribution in [0, 0.1) is 0 Å². The Labute approximate surface area is 145 Å². The summed E-state index contributed by atoms with van der Waals surface area (Å²) in [5.41, 5.74) is 1.91. The van der Waals surface area contributed by atoms with E-state index in [9.17, 15) is 13.6 Å². The molecule has 0 fully saturated rings. The van der Waals surface area contributed by atoms with Gasteiger partial charge in [0, 0.05) is 19.0 Å². The lowest BCUT2D eigenvalue weighted by atomic mass is 10.0. The van der Waals surface area contributed by atoms with Crippen LogP contribution in [0.1, 0.15) is 24.0 Å². The predicted octanol–water partition coefficient (Wildman–Crippen LogP) is 3.85. The maximum Gasteiger partial charge on any atom is 0.387 e. The molecule has 0 aliphatic rings. The standard InChI is InChI=1S/C19H21F2NO3/c20-19(21)25-17-8-4-7-15(12-17)13-22-16(9-10-18(23)24)11-14-5-2-1-3-6-14/h1-8,12,16,19,22H,9-11,13H2,(H,23,24). The van der Waals surface area contributed by atoms with Crippen LogP contribution in [0.25, 0.3) is 0 Å². The largest absolute Gasteiger partial charge is 0.481 e. The van der Waals surface area contributed by atoms with Crippen LogP contribution < -0.4 is 10.1 Å². The van der Waals surface area contributed by atoms with Gasteiger partial charge in [-0.25, -0.2) is 0 Å². The first kappa shape index (κ1) is 18.9. The molecule has 0 saturated carbocycles. The van der Waals surface area contributed by atoms with E-state index in [0.29, 0.717) is 19.4 Å². The fourth-order valence-electron chi connectivity index (χ4n) is 2.57. The summed E-state index contributed by atoms with van der Waals surface area (Å²) < 4.78 is 29.0. The number of rotatable bonds is 10. The van der Waals surface area contributed by atoms with Gasteiger partial charge in [0.2, 0.25) is 0 Å². The van der Waals surface area contributed by atoms with Gasteiger partial charge in [-0.15, -0.1) is 0 Å². The van der Waals surface area contributed by atoms with E-state index in [1.807, 2.05) is 36.4 Å². The van der Waals surface area contributed by atoms with E-state index in [1.165, 1.54) is 6.07 Å². The van der Waals surface area contributed by atoms with E-state index in [4.69, 9.17) is 5.11 Å². The van der Waals surface area contributed by atoms with Crippen molar-refractivity contribution in [3.05, 3.63) is 65.7 Å². The molecule has 0 radical (unpaired) electrons. The minimum Gasteiger partial charge on any atom is -0.481 e. The summed E-state index contributed by atoms with van der Waals surface area (Å²) in [5, 5.41) is 12.2. The molecule has 0 heterocycles. The molecule has 134 valence electrons. The Hall–Kier alpha value is -2.47. The third kappa shape index (κ3) is 7.30. The molecule has 2 aromatic carbocycles. The smallest absolute Gasteiger partial charge is 0.387 e. The topological polar surface area (TPSA) is 58.6 Å². The second-order valence-corrected chi connectivity index (χ2v) is 5.73. The van der Waals surface area contributed by atoms with Crippen LogP contribution in [-0.4, -0.2) is 23.7 Å². The van der Waals surface area contributed by atoms with Crippen molar-refractivity contribution in [2.24, 2.45) is 0 Å². The number of carboxylic acids is 1. The van der Waals surface area contributed by atoms with Gasteiger partial charge in [-0.05, 0) is 36.1 Å².